The van der Waals surface area contributed by atoms with Crippen LogP contribution in [0.3, 0.4) is 0 Å². The van der Waals surface area contributed by atoms with E-state index in [4.69, 9.17) is 0 Å². The normalized spacial score (nSPS) is 22.0. The fourth-order valence-corrected chi connectivity index (χ4v) is 7.10. The molecule has 0 bridgehead atoms. The molecule has 3 aliphatic rings. The minimum Gasteiger partial charge on any atom is -0.358 e. The predicted molar refractivity (Wildman–Crippen MR) is 160 cm³/mol. The molecule has 2 aliphatic carbocycles. The van der Waals surface area contributed by atoms with Crippen LogP contribution in [0.15, 0.2) is 48.7 Å². The van der Waals surface area contributed by atoms with Gasteiger partial charge in [-0.15, -0.1) is 10.2 Å². The molecule has 0 spiro atoms. The highest BCUT2D eigenvalue weighted by molar-refractivity contribution is 5.94. The summed E-state index contributed by atoms with van der Waals surface area (Å²) >= 11 is 0. The lowest BCUT2D eigenvalue weighted by Crippen LogP contribution is -2.45. The van der Waals surface area contributed by atoms with E-state index in [1.165, 1.54) is 16.7 Å². The van der Waals surface area contributed by atoms with Crippen molar-refractivity contribution in [2.24, 2.45) is 0 Å². The van der Waals surface area contributed by atoms with E-state index in [1.807, 2.05) is 19.2 Å². The second-order valence-corrected chi connectivity index (χ2v) is 12.0. The summed E-state index contributed by atoms with van der Waals surface area (Å²) in [5, 5.41) is 35.6. The van der Waals surface area contributed by atoms with E-state index in [2.05, 4.69) is 78.4 Å². The molecule has 2 atom stereocenters. The number of aromatic amines is 1. The number of rotatable bonds is 10. The van der Waals surface area contributed by atoms with E-state index in [-0.39, 0.29) is 17.5 Å². The third-order valence-electron chi connectivity index (χ3n) is 9.39. The Morgan fingerprint density at radius 2 is 1.93 bits per heavy atom. The molecule has 42 heavy (non-hydrogen) atoms. The van der Waals surface area contributed by atoms with E-state index < -0.39 is 5.41 Å². The first-order valence-electron chi connectivity index (χ1n) is 14.9. The maximum atomic E-state index is 12.7. The van der Waals surface area contributed by atoms with Crippen LogP contribution in [0.2, 0.25) is 0 Å². The number of benzene rings is 2. The minimum absolute atomic E-state index is 0.0953. The summed E-state index contributed by atoms with van der Waals surface area (Å²) in [4.78, 5) is 14.8. The summed E-state index contributed by atoms with van der Waals surface area (Å²) in [7, 11) is 3.62. The first-order valence-corrected chi connectivity index (χ1v) is 14.9. The molecule has 1 aliphatic heterocycles. The minimum atomic E-state index is -0.679. The van der Waals surface area contributed by atoms with Gasteiger partial charge < -0.3 is 20.9 Å². The fourth-order valence-electron chi connectivity index (χ4n) is 7.10. The lowest BCUT2D eigenvalue weighted by Gasteiger charge is -2.38. The highest BCUT2D eigenvalue weighted by Crippen LogP contribution is 2.54. The van der Waals surface area contributed by atoms with Crippen molar-refractivity contribution < 1.29 is 4.79 Å². The lowest BCUT2D eigenvalue weighted by molar-refractivity contribution is 0.0963. The molecular formula is C32H39N9O. The third kappa shape index (κ3) is 4.97. The Labute approximate surface area is 247 Å². The maximum Gasteiger partial charge on any atom is 0.251 e. The number of fused-ring (bicyclic) bond motifs is 2. The Balaban J connectivity index is 1.44. The van der Waals surface area contributed by atoms with Crippen LogP contribution in [0.25, 0.3) is 0 Å². The number of likely N-dealkylation sites (tertiary alicyclic amines) is 1. The molecule has 1 aromatic heterocycles. The Morgan fingerprint density at radius 3 is 2.60 bits per heavy atom. The maximum absolute atomic E-state index is 12.7. The van der Waals surface area contributed by atoms with Crippen molar-refractivity contribution in [1.82, 2.24) is 41.5 Å². The Bertz CT molecular complexity index is 1520. The molecule has 6 rings (SSSR count). The molecule has 2 heterocycles. The van der Waals surface area contributed by atoms with Gasteiger partial charge in [0, 0.05) is 43.5 Å². The number of hydrogen-bond donors (Lipinski definition) is 4. The number of tetrazole rings is 1. The predicted octanol–water partition coefficient (Wildman–Crippen LogP) is 2.73. The van der Waals surface area contributed by atoms with Crippen LogP contribution >= 0.6 is 0 Å². The number of aryl methyl sites for hydroxylation is 2. The van der Waals surface area contributed by atoms with Gasteiger partial charge in [-0.2, -0.15) is 10.5 Å². The number of nitriles is 1. The van der Waals surface area contributed by atoms with Crippen LogP contribution in [0.5, 0.6) is 0 Å². The van der Waals surface area contributed by atoms with Gasteiger partial charge in [-0.25, -0.2) is 0 Å². The van der Waals surface area contributed by atoms with Crippen molar-refractivity contribution in [3.63, 3.8) is 0 Å². The van der Waals surface area contributed by atoms with E-state index in [1.54, 1.807) is 7.05 Å². The number of hydrogen-bond acceptors (Lipinski definition) is 8. The molecule has 10 nitrogen and oxygen atoms in total. The zero-order valence-electron chi connectivity index (χ0n) is 24.5. The molecule has 1 saturated carbocycles. The first-order chi connectivity index (χ1) is 20.4. The van der Waals surface area contributed by atoms with E-state index in [0.29, 0.717) is 17.9 Å². The van der Waals surface area contributed by atoms with Crippen molar-refractivity contribution in [2.75, 3.05) is 27.2 Å². The number of carbonyl (C=O) groups is 1. The number of H-pyrrole nitrogens is 1. The van der Waals surface area contributed by atoms with Gasteiger partial charge in [-0.3, -0.25) is 4.79 Å². The number of aromatic nitrogens is 4. The lowest BCUT2D eigenvalue weighted by atomic mass is 9.67. The van der Waals surface area contributed by atoms with Gasteiger partial charge in [0.1, 0.15) is 6.04 Å². The number of amides is 1. The highest BCUT2D eigenvalue weighted by atomic mass is 16.1. The van der Waals surface area contributed by atoms with E-state index >= 15 is 0 Å². The standard InChI is InChI=1S/C32H39N9O/c1-21(41-14-4-5-26(41)17-33)18-36-31(12-13-31)20-32(30-37-39-40-38-30)27-10-6-22(19-34-2)15-23(27)7-8-24-16-25(29(42)35-3)9-11-28(24)32/h6,9-11,15-16,26,34,36H,1,4-5,7-8,12-14,18-20H2,2-3H3,(H,35,42)(H,37,38,39,40). The molecule has 1 saturated heterocycles. The van der Waals surface area contributed by atoms with Gasteiger partial charge >= 0.3 is 0 Å². The fraction of sp³-hybridized carbons (Fsp3) is 0.469. The summed E-state index contributed by atoms with van der Waals surface area (Å²) in [6, 6.07) is 15.1. The van der Waals surface area contributed by atoms with Crippen molar-refractivity contribution in [2.45, 2.75) is 68.5 Å². The van der Waals surface area contributed by atoms with E-state index in [0.717, 1.165) is 74.9 Å². The van der Waals surface area contributed by atoms with Crippen molar-refractivity contribution in [3.8, 4) is 6.07 Å². The van der Waals surface area contributed by atoms with Crippen molar-refractivity contribution >= 4 is 5.91 Å². The average molecular weight is 566 g/mol. The Kier molecular flexibility index (Phi) is 7.56. The molecular weight excluding hydrogens is 526 g/mol. The SMILES string of the molecule is C=C(CNC1(CC2(c3nn[nH]n3)c3ccc(CNC)cc3CCc3cc(C(=O)NC)ccc32)CC1)N1CCCC1C#N. The summed E-state index contributed by atoms with van der Waals surface area (Å²) in [5.74, 6) is 0.536. The highest BCUT2D eigenvalue weighted by Gasteiger charge is 2.54. The molecule has 2 aromatic carbocycles. The zero-order valence-corrected chi connectivity index (χ0v) is 24.5. The molecule has 2 fully saturated rings. The zero-order chi connectivity index (χ0) is 29.3. The average Bonchev–Trinajstić information content (AvgIpc) is 3.37. The molecule has 0 radical (unpaired) electrons. The summed E-state index contributed by atoms with van der Waals surface area (Å²) in [6.07, 6.45) is 6.32. The van der Waals surface area contributed by atoms with Gasteiger partial charge in [0.2, 0.25) is 0 Å². The molecule has 3 aromatic rings. The molecule has 1 amide bonds. The summed E-state index contributed by atoms with van der Waals surface area (Å²) in [6.45, 7) is 6.64. The van der Waals surface area contributed by atoms with Crippen molar-refractivity contribution in [3.05, 3.63) is 87.9 Å². The van der Waals surface area contributed by atoms with Gasteiger partial charge in [-0.1, -0.05) is 36.1 Å². The van der Waals surface area contributed by atoms with Gasteiger partial charge in [0.15, 0.2) is 5.82 Å². The number of carbonyl (C=O) groups excluding carboxylic acids is 1. The van der Waals surface area contributed by atoms with Crippen LogP contribution < -0.4 is 16.0 Å². The van der Waals surface area contributed by atoms with Crippen LogP contribution in [-0.4, -0.2) is 70.2 Å². The van der Waals surface area contributed by atoms with Gasteiger partial charge in [0.05, 0.1) is 11.5 Å². The summed E-state index contributed by atoms with van der Waals surface area (Å²) in [5.41, 5.74) is 6.69. The molecule has 4 N–H and O–H groups in total. The van der Waals surface area contributed by atoms with Crippen LogP contribution in [0.4, 0.5) is 0 Å². The quantitative estimate of drug-likeness (QED) is 0.295. The van der Waals surface area contributed by atoms with Crippen LogP contribution in [0.1, 0.15) is 76.1 Å². The largest absolute Gasteiger partial charge is 0.358 e. The molecule has 2 unspecified atom stereocenters. The monoisotopic (exact) mass is 565 g/mol. The first kappa shape index (κ1) is 28.1. The van der Waals surface area contributed by atoms with Crippen LogP contribution in [0, 0.1) is 11.3 Å². The van der Waals surface area contributed by atoms with Gasteiger partial charge in [0.25, 0.3) is 5.91 Å². The third-order valence-corrected chi connectivity index (χ3v) is 9.39. The topological polar surface area (TPSA) is 135 Å². The smallest absolute Gasteiger partial charge is 0.251 e. The Morgan fingerprint density at radius 1 is 1.17 bits per heavy atom. The van der Waals surface area contributed by atoms with E-state index in [9.17, 15) is 10.1 Å². The van der Waals surface area contributed by atoms with Crippen LogP contribution in [-0.2, 0) is 24.8 Å². The number of nitrogens with one attached hydrogen (secondary N) is 4. The van der Waals surface area contributed by atoms with Crippen molar-refractivity contribution in [1.29, 1.82) is 5.26 Å². The second kappa shape index (κ2) is 11.3. The number of nitrogens with zero attached hydrogens (tertiary/aromatic N) is 5. The Hall–Kier alpha value is -4.07. The molecule has 10 heteroatoms. The van der Waals surface area contributed by atoms with Gasteiger partial charge in [-0.05, 0) is 91.9 Å². The summed E-state index contributed by atoms with van der Waals surface area (Å²) < 4.78 is 0. The molecule has 218 valence electrons. The second-order valence-electron chi connectivity index (χ2n) is 12.0.